The Bertz CT molecular complexity index is 1310. The van der Waals surface area contributed by atoms with Crippen LogP contribution in [-0.2, 0) is 0 Å². The number of allylic oxidation sites excluding steroid dienone is 1. The van der Waals surface area contributed by atoms with Gasteiger partial charge in [0.1, 0.15) is 11.4 Å². The van der Waals surface area contributed by atoms with Crippen LogP contribution in [0.15, 0.2) is 95.6 Å². The van der Waals surface area contributed by atoms with Crippen molar-refractivity contribution in [1.82, 2.24) is 9.78 Å². The van der Waals surface area contributed by atoms with E-state index >= 15 is 0 Å². The van der Waals surface area contributed by atoms with Gasteiger partial charge in [0.05, 0.1) is 12.2 Å². The quantitative estimate of drug-likeness (QED) is 0.359. The van der Waals surface area contributed by atoms with Crippen LogP contribution >= 0.6 is 15.9 Å². The molecule has 0 aliphatic carbocycles. The number of halogens is 1. The number of anilines is 2. The number of nitrogens with zero attached hydrogens (tertiary/aromatic N) is 2. The molecule has 4 aromatic rings. The van der Waals surface area contributed by atoms with Crippen LogP contribution in [0, 0.1) is 6.92 Å². The van der Waals surface area contributed by atoms with Gasteiger partial charge in [-0.15, -0.1) is 0 Å². The number of amides is 1. The first-order valence-corrected chi connectivity index (χ1v) is 11.1. The molecule has 3 aromatic carbocycles. The Kier molecular flexibility index (Phi) is 5.37. The van der Waals surface area contributed by atoms with E-state index in [0.717, 1.165) is 32.5 Å². The average Bonchev–Trinajstić information content (AvgIpc) is 3.24. The zero-order valence-electron chi connectivity index (χ0n) is 17.4. The number of carbonyl (C=O) groups excluding carboxylic acids is 1. The van der Waals surface area contributed by atoms with Crippen molar-refractivity contribution in [2.75, 3.05) is 10.6 Å². The van der Waals surface area contributed by atoms with Crippen LogP contribution in [0.3, 0.4) is 0 Å². The molecule has 5 nitrogen and oxygen atoms in total. The minimum absolute atomic E-state index is 0.133. The Labute approximate surface area is 194 Å². The first-order chi connectivity index (χ1) is 15.6. The smallest absolute Gasteiger partial charge is 0.261 e. The number of aromatic nitrogens is 2. The standard InChI is InChI=1S/C26H21BrN4O/c1-17-6-5-9-21(14-17)29-26(32)22-16-28-31-24(19-7-3-2-4-8-19)15-23(30-25(22)31)18-10-12-20(27)13-11-18/h2-16,24,30H,1H3,(H,29,32)/t24-/m1/s1. The monoisotopic (exact) mass is 484 g/mol. The summed E-state index contributed by atoms with van der Waals surface area (Å²) in [5.74, 6) is 0.470. The van der Waals surface area contributed by atoms with Crippen LogP contribution in [0.5, 0.6) is 0 Å². The molecule has 2 heterocycles. The molecule has 0 radical (unpaired) electrons. The van der Waals surface area contributed by atoms with Crippen LogP contribution in [0.4, 0.5) is 11.5 Å². The second-order valence-electron chi connectivity index (χ2n) is 7.74. The van der Waals surface area contributed by atoms with Gasteiger partial charge in [0.25, 0.3) is 5.91 Å². The fourth-order valence-electron chi connectivity index (χ4n) is 3.87. The Morgan fingerprint density at radius 1 is 1.03 bits per heavy atom. The third-order valence-electron chi connectivity index (χ3n) is 5.45. The summed E-state index contributed by atoms with van der Waals surface area (Å²) in [6.45, 7) is 2.00. The molecule has 158 valence electrons. The third-order valence-corrected chi connectivity index (χ3v) is 5.98. The van der Waals surface area contributed by atoms with Gasteiger partial charge in [-0.25, -0.2) is 4.68 Å². The zero-order valence-corrected chi connectivity index (χ0v) is 19.0. The van der Waals surface area contributed by atoms with Gasteiger partial charge < -0.3 is 10.6 Å². The van der Waals surface area contributed by atoms with Crippen molar-refractivity contribution in [1.29, 1.82) is 0 Å². The Hall–Kier alpha value is -3.64. The largest absolute Gasteiger partial charge is 0.339 e. The first-order valence-electron chi connectivity index (χ1n) is 10.3. The van der Waals surface area contributed by atoms with E-state index in [0.29, 0.717) is 11.4 Å². The molecule has 0 fully saturated rings. The average molecular weight is 485 g/mol. The van der Waals surface area contributed by atoms with Gasteiger partial charge in [0.2, 0.25) is 0 Å². The first kappa shape index (κ1) is 20.3. The van der Waals surface area contributed by atoms with Gasteiger partial charge in [-0.3, -0.25) is 4.79 Å². The number of aryl methyl sites for hydroxylation is 1. The van der Waals surface area contributed by atoms with Crippen LogP contribution < -0.4 is 10.6 Å². The number of benzene rings is 3. The molecular formula is C26H21BrN4O. The molecule has 0 saturated heterocycles. The molecule has 1 atom stereocenters. The molecule has 1 aliphatic rings. The lowest BCUT2D eigenvalue weighted by Gasteiger charge is -2.26. The molecule has 6 heteroatoms. The van der Waals surface area contributed by atoms with Crippen molar-refractivity contribution in [3.63, 3.8) is 0 Å². The van der Waals surface area contributed by atoms with E-state index in [4.69, 9.17) is 0 Å². The summed E-state index contributed by atoms with van der Waals surface area (Å²) in [4.78, 5) is 13.2. The maximum atomic E-state index is 13.2. The predicted molar refractivity (Wildman–Crippen MR) is 132 cm³/mol. The van der Waals surface area contributed by atoms with Crippen molar-refractivity contribution in [2.45, 2.75) is 13.0 Å². The molecule has 1 aromatic heterocycles. The summed E-state index contributed by atoms with van der Waals surface area (Å²) in [6.07, 6.45) is 3.77. The molecular weight excluding hydrogens is 464 g/mol. The second kappa shape index (κ2) is 8.48. The maximum Gasteiger partial charge on any atom is 0.261 e. The van der Waals surface area contributed by atoms with Gasteiger partial charge in [-0.05, 0) is 54.0 Å². The lowest BCUT2D eigenvalue weighted by Crippen LogP contribution is -2.22. The van der Waals surface area contributed by atoms with Gasteiger partial charge in [0.15, 0.2) is 0 Å². The highest BCUT2D eigenvalue weighted by Crippen LogP contribution is 2.35. The third kappa shape index (κ3) is 3.97. The molecule has 0 unspecified atom stereocenters. The van der Waals surface area contributed by atoms with E-state index < -0.39 is 0 Å². The summed E-state index contributed by atoms with van der Waals surface area (Å²) < 4.78 is 2.88. The fourth-order valence-corrected chi connectivity index (χ4v) is 4.13. The van der Waals surface area contributed by atoms with E-state index in [-0.39, 0.29) is 11.9 Å². The summed E-state index contributed by atoms with van der Waals surface area (Å²) in [5.41, 5.74) is 5.40. The number of hydrogen-bond donors (Lipinski definition) is 2. The van der Waals surface area contributed by atoms with Gasteiger partial charge in [-0.2, -0.15) is 5.10 Å². The highest BCUT2D eigenvalue weighted by Gasteiger charge is 2.27. The Morgan fingerprint density at radius 2 is 1.81 bits per heavy atom. The molecule has 32 heavy (non-hydrogen) atoms. The van der Waals surface area contributed by atoms with Crippen molar-refractivity contribution in [3.8, 4) is 0 Å². The SMILES string of the molecule is Cc1cccc(NC(=O)c2cnn3c2NC(c2ccc(Br)cc2)=C[C@@H]3c2ccccc2)c1. The van der Waals surface area contributed by atoms with Gasteiger partial charge in [-0.1, -0.05) is 70.5 Å². The second-order valence-corrected chi connectivity index (χ2v) is 8.66. The molecule has 1 aliphatic heterocycles. The minimum Gasteiger partial charge on any atom is -0.339 e. The van der Waals surface area contributed by atoms with E-state index in [1.165, 1.54) is 0 Å². The highest BCUT2D eigenvalue weighted by atomic mass is 79.9. The molecule has 5 rings (SSSR count). The van der Waals surface area contributed by atoms with Gasteiger partial charge in [0, 0.05) is 15.9 Å². The number of hydrogen-bond acceptors (Lipinski definition) is 3. The normalized spacial score (nSPS) is 14.8. The number of nitrogens with one attached hydrogen (secondary N) is 2. The van der Waals surface area contributed by atoms with Crippen molar-refractivity contribution in [2.24, 2.45) is 0 Å². The van der Waals surface area contributed by atoms with E-state index in [1.807, 2.05) is 78.3 Å². The fraction of sp³-hybridized carbons (Fsp3) is 0.0769. The lowest BCUT2D eigenvalue weighted by molar-refractivity contribution is 0.102. The number of rotatable bonds is 4. The molecule has 0 saturated carbocycles. The van der Waals surface area contributed by atoms with Crippen molar-refractivity contribution < 1.29 is 4.79 Å². The van der Waals surface area contributed by atoms with Crippen LogP contribution in [0.2, 0.25) is 0 Å². The van der Waals surface area contributed by atoms with Crippen molar-refractivity contribution in [3.05, 3.63) is 118 Å². The summed E-state index contributed by atoms with van der Waals surface area (Å²) in [6, 6.07) is 25.9. The molecule has 1 amide bonds. The summed E-state index contributed by atoms with van der Waals surface area (Å²) >= 11 is 3.50. The summed E-state index contributed by atoms with van der Waals surface area (Å²) in [5, 5.41) is 11.0. The van der Waals surface area contributed by atoms with Gasteiger partial charge >= 0.3 is 0 Å². The Morgan fingerprint density at radius 3 is 2.56 bits per heavy atom. The van der Waals surface area contributed by atoms with Crippen LogP contribution in [0.25, 0.3) is 5.70 Å². The summed E-state index contributed by atoms with van der Waals surface area (Å²) in [7, 11) is 0. The zero-order chi connectivity index (χ0) is 22.1. The minimum atomic E-state index is -0.201. The van der Waals surface area contributed by atoms with E-state index in [1.54, 1.807) is 6.20 Å². The lowest BCUT2D eigenvalue weighted by atomic mass is 10.0. The molecule has 0 spiro atoms. The van der Waals surface area contributed by atoms with Crippen LogP contribution in [0.1, 0.15) is 33.1 Å². The van der Waals surface area contributed by atoms with E-state index in [2.05, 4.69) is 49.9 Å². The number of carbonyl (C=O) groups is 1. The maximum absolute atomic E-state index is 13.2. The Balaban J connectivity index is 1.55. The van der Waals surface area contributed by atoms with Crippen LogP contribution in [-0.4, -0.2) is 15.7 Å². The van der Waals surface area contributed by atoms with E-state index in [9.17, 15) is 4.79 Å². The highest BCUT2D eigenvalue weighted by molar-refractivity contribution is 9.10. The topological polar surface area (TPSA) is 59.0 Å². The van der Waals surface area contributed by atoms with Crippen molar-refractivity contribution >= 4 is 39.0 Å². The molecule has 0 bridgehead atoms. The number of fused-ring (bicyclic) bond motifs is 1. The molecule has 2 N–H and O–H groups in total. The predicted octanol–water partition coefficient (Wildman–Crippen LogP) is 6.26.